The van der Waals surface area contributed by atoms with Gasteiger partial charge >= 0.3 is 0 Å². The number of rotatable bonds is 5. The van der Waals surface area contributed by atoms with E-state index in [1.807, 2.05) is 36.2 Å². The number of halogens is 2. The topological polar surface area (TPSA) is 56.7 Å². The molecule has 0 atom stereocenters. The maximum absolute atomic E-state index is 12.1. The molecule has 25 heavy (non-hydrogen) atoms. The Kier molecular flexibility index (Phi) is 10.2. The number of guanidine groups is 1. The zero-order chi connectivity index (χ0) is 17.4. The smallest absolute Gasteiger partial charge is 0.239 e. The van der Waals surface area contributed by atoms with Crippen molar-refractivity contribution in [3.05, 3.63) is 34.9 Å². The molecule has 5 nitrogen and oxygen atoms in total. The molecule has 2 N–H and O–H groups in total. The third kappa shape index (κ3) is 7.81. The van der Waals surface area contributed by atoms with Gasteiger partial charge in [0, 0.05) is 31.7 Å². The lowest BCUT2D eigenvalue weighted by atomic mass is 9.95. The number of carbonyl (C=O) groups excluding carboxylic acids is 1. The fraction of sp³-hybridized carbons (Fsp3) is 0.556. The Labute approximate surface area is 172 Å². The summed E-state index contributed by atoms with van der Waals surface area (Å²) in [6.45, 7) is 0.940. The van der Waals surface area contributed by atoms with Crippen molar-refractivity contribution >= 4 is 47.4 Å². The van der Waals surface area contributed by atoms with E-state index in [1.165, 1.54) is 19.3 Å². The van der Waals surface area contributed by atoms with Gasteiger partial charge in [0.2, 0.25) is 5.91 Å². The maximum Gasteiger partial charge on any atom is 0.239 e. The molecule has 1 saturated carbocycles. The number of carbonyl (C=O) groups is 1. The maximum atomic E-state index is 12.1. The van der Waals surface area contributed by atoms with Crippen LogP contribution in [-0.4, -0.2) is 43.4 Å². The quantitative estimate of drug-likeness (QED) is 0.387. The van der Waals surface area contributed by atoms with Crippen LogP contribution in [0.3, 0.4) is 0 Å². The second-order valence-corrected chi connectivity index (χ2v) is 6.72. The molecular formula is C18H28ClIN4O. The first-order chi connectivity index (χ1) is 11.6. The lowest BCUT2D eigenvalue weighted by Crippen LogP contribution is -2.46. The van der Waals surface area contributed by atoms with E-state index in [4.69, 9.17) is 11.6 Å². The second-order valence-electron chi connectivity index (χ2n) is 6.29. The molecule has 0 unspecified atom stereocenters. The highest BCUT2D eigenvalue weighted by Crippen LogP contribution is 2.17. The van der Waals surface area contributed by atoms with Crippen LogP contribution in [0.2, 0.25) is 5.02 Å². The predicted molar refractivity (Wildman–Crippen MR) is 115 cm³/mol. The van der Waals surface area contributed by atoms with E-state index < -0.39 is 0 Å². The number of amides is 1. The van der Waals surface area contributed by atoms with Crippen molar-refractivity contribution < 1.29 is 4.79 Å². The number of nitrogens with zero attached hydrogens (tertiary/aromatic N) is 2. The van der Waals surface area contributed by atoms with Crippen LogP contribution in [0.25, 0.3) is 0 Å². The fourth-order valence-corrected chi connectivity index (χ4v) is 3.13. The highest BCUT2D eigenvalue weighted by Gasteiger charge is 2.16. The zero-order valence-electron chi connectivity index (χ0n) is 14.9. The van der Waals surface area contributed by atoms with E-state index in [1.54, 1.807) is 7.05 Å². The molecule has 0 aromatic heterocycles. The van der Waals surface area contributed by atoms with Crippen molar-refractivity contribution in [2.24, 2.45) is 4.99 Å². The summed E-state index contributed by atoms with van der Waals surface area (Å²) in [5.41, 5.74) is 1.14. The van der Waals surface area contributed by atoms with Crippen LogP contribution in [0.5, 0.6) is 0 Å². The molecule has 7 heteroatoms. The summed E-state index contributed by atoms with van der Waals surface area (Å²) >= 11 is 5.91. The van der Waals surface area contributed by atoms with Gasteiger partial charge in [-0.2, -0.15) is 0 Å². The number of nitrogens with one attached hydrogen (secondary N) is 2. The molecule has 1 fully saturated rings. The van der Waals surface area contributed by atoms with Crippen molar-refractivity contribution in [3.63, 3.8) is 0 Å². The average molecular weight is 479 g/mol. The number of hydrogen-bond acceptors (Lipinski definition) is 2. The minimum atomic E-state index is 0. The lowest BCUT2D eigenvalue weighted by Gasteiger charge is -2.24. The second kappa shape index (κ2) is 11.6. The van der Waals surface area contributed by atoms with Gasteiger partial charge in [-0.15, -0.1) is 24.0 Å². The highest BCUT2D eigenvalue weighted by molar-refractivity contribution is 14.0. The van der Waals surface area contributed by atoms with Gasteiger partial charge in [0.1, 0.15) is 0 Å². The van der Waals surface area contributed by atoms with Gasteiger partial charge < -0.3 is 15.5 Å². The normalized spacial score (nSPS) is 15.2. The monoisotopic (exact) mass is 478 g/mol. The van der Waals surface area contributed by atoms with E-state index in [0.29, 0.717) is 18.5 Å². The summed E-state index contributed by atoms with van der Waals surface area (Å²) in [6.07, 6.45) is 5.90. The average Bonchev–Trinajstić information content (AvgIpc) is 2.58. The lowest BCUT2D eigenvalue weighted by molar-refractivity contribution is -0.120. The Balaban J connectivity index is 0.00000312. The minimum Gasteiger partial charge on any atom is -0.352 e. The van der Waals surface area contributed by atoms with Crippen LogP contribution in [0.1, 0.15) is 37.7 Å². The van der Waals surface area contributed by atoms with Crippen LogP contribution in [0.15, 0.2) is 29.3 Å². The van der Waals surface area contributed by atoms with Gasteiger partial charge in [-0.05, 0) is 30.5 Å². The summed E-state index contributed by atoms with van der Waals surface area (Å²) in [7, 11) is 3.67. The zero-order valence-corrected chi connectivity index (χ0v) is 18.0. The highest BCUT2D eigenvalue weighted by atomic mass is 127. The largest absolute Gasteiger partial charge is 0.352 e. The van der Waals surface area contributed by atoms with Gasteiger partial charge in [0.25, 0.3) is 0 Å². The number of benzene rings is 1. The molecule has 1 aliphatic rings. The molecule has 0 spiro atoms. The summed E-state index contributed by atoms with van der Waals surface area (Å²) in [6, 6.07) is 8.06. The standard InChI is InChI=1S/C18H27ClN4O.HI/c1-20-18(23(2)13-14-8-10-15(19)11-9-14)21-12-17(24)22-16-6-4-3-5-7-16;/h8-11,16H,3-7,12-13H2,1-2H3,(H,20,21)(H,22,24);1H. The van der Waals surface area contributed by atoms with Gasteiger partial charge in [0.15, 0.2) is 5.96 Å². The van der Waals surface area contributed by atoms with E-state index in [9.17, 15) is 4.79 Å². The Morgan fingerprint density at radius 2 is 1.88 bits per heavy atom. The van der Waals surface area contributed by atoms with Crippen molar-refractivity contribution in [1.82, 2.24) is 15.5 Å². The molecule has 140 valence electrons. The van der Waals surface area contributed by atoms with Gasteiger partial charge in [-0.1, -0.05) is 43.0 Å². The van der Waals surface area contributed by atoms with Crippen LogP contribution >= 0.6 is 35.6 Å². The van der Waals surface area contributed by atoms with Gasteiger partial charge in [0.05, 0.1) is 6.54 Å². The molecular weight excluding hydrogens is 451 g/mol. The van der Waals surface area contributed by atoms with Gasteiger partial charge in [-0.3, -0.25) is 9.79 Å². The Morgan fingerprint density at radius 3 is 2.48 bits per heavy atom. The summed E-state index contributed by atoms with van der Waals surface area (Å²) in [5, 5.41) is 6.96. The Morgan fingerprint density at radius 1 is 1.24 bits per heavy atom. The van der Waals surface area contributed by atoms with Crippen LogP contribution in [0.4, 0.5) is 0 Å². The van der Waals surface area contributed by atoms with Crippen LogP contribution < -0.4 is 10.6 Å². The van der Waals surface area contributed by atoms with Crippen LogP contribution in [0, 0.1) is 0 Å². The molecule has 1 aromatic carbocycles. The Bertz CT molecular complexity index is 559. The van der Waals surface area contributed by atoms with E-state index >= 15 is 0 Å². The van der Waals surface area contributed by atoms with Crippen molar-refractivity contribution in [1.29, 1.82) is 0 Å². The molecule has 2 rings (SSSR count). The summed E-state index contributed by atoms with van der Waals surface area (Å²) < 4.78 is 0. The summed E-state index contributed by atoms with van der Waals surface area (Å²) in [4.78, 5) is 18.3. The third-order valence-electron chi connectivity index (χ3n) is 4.28. The van der Waals surface area contributed by atoms with Crippen molar-refractivity contribution in [2.75, 3.05) is 20.6 Å². The molecule has 1 aliphatic carbocycles. The minimum absolute atomic E-state index is 0. The van der Waals surface area contributed by atoms with Crippen molar-refractivity contribution in [3.8, 4) is 0 Å². The van der Waals surface area contributed by atoms with Gasteiger partial charge in [-0.25, -0.2) is 0 Å². The SMILES string of the molecule is CN=C(NCC(=O)NC1CCCCC1)N(C)Cc1ccc(Cl)cc1.I. The fourth-order valence-electron chi connectivity index (χ4n) is 3.01. The molecule has 0 saturated heterocycles. The molecule has 1 amide bonds. The van der Waals surface area contributed by atoms with E-state index in [0.717, 1.165) is 23.4 Å². The molecule has 1 aromatic rings. The van der Waals surface area contributed by atoms with Crippen LogP contribution in [-0.2, 0) is 11.3 Å². The molecule has 0 aliphatic heterocycles. The van der Waals surface area contributed by atoms with E-state index in [2.05, 4.69) is 15.6 Å². The third-order valence-corrected chi connectivity index (χ3v) is 4.54. The first kappa shape index (κ1) is 22.0. The Hall–Kier alpha value is -1.02. The molecule has 0 radical (unpaired) electrons. The first-order valence-corrected chi connectivity index (χ1v) is 8.92. The predicted octanol–water partition coefficient (Wildman–Crippen LogP) is 3.41. The molecule has 0 heterocycles. The van der Waals surface area contributed by atoms with E-state index in [-0.39, 0.29) is 36.4 Å². The number of hydrogen-bond donors (Lipinski definition) is 2. The first-order valence-electron chi connectivity index (χ1n) is 8.54. The number of aliphatic imine (C=N–C) groups is 1. The summed E-state index contributed by atoms with van der Waals surface area (Å²) in [5.74, 6) is 0.728. The van der Waals surface area contributed by atoms with Crippen molar-refractivity contribution in [2.45, 2.75) is 44.7 Å². The molecule has 0 bridgehead atoms.